The van der Waals surface area contributed by atoms with Crippen LogP contribution in [-0.4, -0.2) is 11.9 Å². The highest BCUT2D eigenvalue weighted by atomic mass is 19.2. The third kappa shape index (κ3) is 3.98. The largest absolute Gasteiger partial charge is 0.374 e. The Morgan fingerprint density at radius 3 is 2.43 bits per heavy atom. The van der Waals surface area contributed by atoms with Crippen molar-refractivity contribution in [2.75, 3.05) is 10.6 Å². The second-order valence-electron chi connectivity index (χ2n) is 4.49. The molecule has 1 unspecified atom stereocenters. The summed E-state index contributed by atoms with van der Waals surface area (Å²) in [5, 5.41) is 5.25. The first kappa shape index (κ1) is 14.9. The average Bonchev–Trinajstić information content (AvgIpc) is 2.43. The highest BCUT2D eigenvalue weighted by molar-refractivity contribution is 5.96. The quantitative estimate of drug-likeness (QED) is 0.905. The van der Waals surface area contributed by atoms with Crippen molar-refractivity contribution in [2.45, 2.75) is 13.0 Å². The lowest BCUT2D eigenvalue weighted by Gasteiger charge is -2.15. The summed E-state index contributed by atoms with van der Waals surface area (Å²) in [4.78, 5) is 11.9. The summed E-state index contributed by atoms with van der Waals surface area (Å²) in [7, 11) is 0. The number of halogens is 3. The van der Waals surface area contributed by atoms with Gasteiger partial charge in [0.1, 0.15) is 11.9 Å². The zero-order valence-electron chi connectivity index (χ0n) is 11.2. The second-order valence-corrected chi connectivity index (χ2v) is 4.49. The molecular formula is C15H13F3N2O. The molecule has 110 valence electrons. The molecule has 0 aliphatic rings. The normalized spacial score (nSPS) is 11.8. The van der Waals surface area contributed by atoms with Crippen LogP contribution in [0.2, 0.25) is 0 Å². The maximum atomic E-state index is 13.1. The van der Waals surface area contributed by atoms with Crippen molar-refractivity contribution in [2.24, 2.45) is 0 Å². The molecule has 2 aromatic rings. The lowest BCUT2D eigenvalue weighted by atomic mass is 10.2. The van der Waals surface area contributed by atoms with Gasteiger partial charge in [-0.1, -0.05) is 6.07 Å². The van der Waals surface area contributed by atoms with Crippen LogP contribution in [0.25, 0.3) is 0 Å². The first-order valence-electron chi connectivity index (χ1n) is 6.24. The summed E-state index contributed by atoms with van der Waals surface area (Å²) in [5.41, 5.74) is 0.592. The van der Waals surface area contributed by atoms with Crippen LogP contribution in [0.1, 0.15) is 6.92 Å². The van der Waals surface area contributed by atoms with E-state index in [1.54, 1.807) is 13.0 Å². The van der Waals surface area contributed by atoms with Crippen molar-refractivity contribution in [1.82, 2.24) is 0 Å². The first-order chi connectivity index (χ1) is 9.95. The topological polar surface area (TPSA) is 41.1 Å². The van der Waals surface area contributed by atoms with E-state index in [2.05, 4.69) is 10.6 Å². The summed E-state index contributed by atoms with van der Waals surface area (Å²) in [6.07, 6.45) is 0. The summed E-state index contributed by atoms with van der Waals surface area (Å²) >= 11 is 0. The van der Waals surface area contributed by atoms with E-state index < -0.39 is 29.4 Å². The Hall–Kier alpha value is -2.50. The van der Waals surface area contributed by atoms with E-state index in [4.69, 9.17) is 0 Å². The Labute approximate surface area is 119 Å². The number of rotatable bonds is 4. The summed E-state index contributed by atoms with van der Waals surface area (Å²) in [6, 6.07) is 8.00. The van der Waals surface area contributed by atoms with Gasteiger partial charge < -0.3 is 10.6 Å². The number of carbonyl (C=O) groups is 1. The van der Waals surface area contributed by atoms with Gasteiger partial charge in [-0.05, 0) is 37.3 Å². The molecule has 0 bridgehead atoms. The zero-order valence-corrected chi connectivity index (χ0v) is 11.2. The lowest BCUT2D eigenvalue weighted by Crippen LogP contribution is -2.31. The standard InChI is InChI=1S/C15H13F3N2O/c1-9(19-12-5-6-13(17)14(18)8-12)15(21)20-11-4-2-3-10(16)7-11/h2-9,19H,1H3,(H,20,21). The molecule has 1 atom stereocenters. The van der Waals surface area contributed by atoms with Crippen molar-refractivity contribution in [1.29, 1.82) is 0 Å². The Morgan fingerprint density at radius 2 is 1.76 bits per heavy atom. The minimum Gasteiger partial charge on any atom is -0.374 e. The maximum absolute atomic E-state index is 13.1. The molecule has 2 aromatic carbocycles. The van der Waals surface area contributed by atoms with Crippen molar-refractivity contribution in [3.63, 3.8) is 0 Å². The van der Waals surface area contributed by atoms with Gasteiger partial charge in [-0.3, -0.25) is 4.79 Å². The fraction of sp³-hybridized carbons (Fsp3) is 0.133. The molecule has 0 aliphatic heterocycles. The van der Waals surface area contributed by atoms with Gasteiger partial charge in [0.25, 0.3) is 0 Å². The number of amides is 1. The highest BCUT2D eigenvalue weighted by Crippen LogP contribution is 2.15. The summed E-state index contributed by atoms with van der Waals surface area (Å²) in [5.74, 6) is -2.85. The number of anilines is 2. The molecule has 0 fully saturated rings. The Balaban J connectivity index is 2.00. The van der Waals surface area contributed by atoms with Gasteiger partial charge in [0.05, 0.1) is 0 Å². The molecule has 6 heteroatoms. The molecule has 0 aromatic heterocycles. The van der Waals surface area contributed by atoms with Gasteiger partial charge in [-0.25, -0.2) is 13.2 Å². The summed E-state index contributed by atoms with van der Waals surface area (Å²) in [6.45, 7) is 1.55. The average molecular weight is 294 g/mol. The highest BCUT2D eigenvalue weighted by Gasteiger charge is 2.14. The van der Waals surface area contributed by atoms with Gasteiger partial charge in [0.15, 0.2) is 11.6 Å². The molecule has 0 saturated heterocycles. The van der Waals surface area contributed by atoms with Crippen molar-refractivity contribution in [3.8, 4) is 0 Å². The molecule has 3 nitrogen and oxygen atoms in total. The molecule has 1 amide bonds. The van der Waals surface area contributed by atoms with Crippen LogP contribution in [0.5, 0.6) is 0 Å². The number of nitrogens with one attached hydrogen (secondary N) is 2. The number of hydrogen-bond donors (Lipinski definition) is 2. The minimum atomic E-state index is -1.00. The molecule has 0 saturated carbocycles. The third-order valence-corrected chi connectivity index (χ3v) is 2.79. The predicted molar refractivity (Wildman–Crippen MR) is 74.5 cm³/mol. The predicted octanol–water partition coefficient (Wildman–Crippen LogP) is 3.54. The number of carbonyl (C=O) groups excluding carboxylic acids is 1. The fourth-order valence-corrected chi connectivity index (χ4v) is 1.72. The molecule has 0 aliphatic carbocycles. The van der Waals surface area contributed by atoms with Gasteiger partial charge in [-0.2, -0.15) is 0 Å². The van der Waals surface area contributed by atoms with Gasteiger partial charge in [0, 0.05) is 17.4 Å². The lowest BCUT2D eigenvalue weighted by molar-refractivity contribution is -0.116. The third-order valence-electron chi connectivity index (χ3n) is 2.79. The minimum absolute atomic E-state index is 0.274. The van der Waals surface area contributed by atoms with E-state index in [0.717, 1.165) is 12.1 Å². The second kappa shape index (κ2) is 6.30. The van der Waals surface area contributed by atoms with Crippen molar-refractivity contribution < 1.29 is 18.0 Å². The SMILES string of the molecule is CC(Nc1ccc(F)c(F)c1)C(=O)Nc1cccc(F)c1. The summed E-state index contributed by atoms with van der Waals surface area (Å²) < 4.78 is 38.9. The maximum Gasteiger partial charge on any atom is 0.246 e. The number of hydrogen-bond acceptors (Lipinski definition) is 2. The Morgan fingerprint density at radius 1 is 1.00 bits per heavy atom. The van der Waals surface area contributed by atoms with Gasteiger partial charge in [-0.15, -0.1) is 0 Å². The first-order valence-corrected chi connectivity index (χ1v) is 6.24. The van der Waals surface area contributed by atoms with E-state index in [0.29, 0.717) is 5.69 Å². The molecule has 2 N–H and O–H groups in total. The van der Waals surface area contributed by atoms with Crippen LogP contribution in [0, 0.1) is 17.5 Å². The fourth-order valence-electron chi connectivity index (χ4n) is 1.72. The van der Waals surface area contributed by atoms with Crippen LogP contribution >= 0.6 is 0 Å². The Bertz CT molecular complexity index is 661. The molecule has 0 spiro atoms. The molecular weight excluding hydrogens is 281 g/mol. The molecule has 21 heavy (non-hydrogen) atoms. The van der Waals surface area contributed by atoms with Crippen molar-refractivity contribution in [3.05, 3.63) is 59.9 Å². The van der Waals surface area contributed by atoms with E-state index in [1.807, 2.05) is 0 Å². The Kier molecular flexibility index (Phi) is 4.47. The van der Waals surface area contributed by atoms with E-state index >= 15 is 0 Å². The van der Waals surface area contributed by atoms with Crippen LogP contribution < -0.4 is 10.6 Å². The van der Waals surface area contributed by atoms with E-state index in [-0.39, 0.29) is 5.69 Å². The monoisotopic (exact) mass is 294 g/mol. The molecule has 2 rings (SSSR count). The van der Waals surface area contributed by atoms with Crippen molar-refractivity contribution >= 4 is 17.3 Å². The van der Waals surface area contributed by atoms with Crippen LogP contribution in [0.3, 0.4) is 0 Å². The smallest absolute Gasteiger partial charge is 0.246 e. The van der Waals surface area contributed by atoms with Gasteiger partial charge >= 0.3 is 0 Å². The van der Waals surface area contributed by atoms with Crippen LogP contribution in [-0.2, 0) is 4.79 Å². The van der Waals surface area contributed by atoms with Crippen LogP contribution in [0.15, 0.2) is 42.5 Å². The van der Waals surface area contributed by atoms with Gasteiger partial charge in [0.2, 0.25) is 5.91 Å². The van der Waals surface area contributed by atoms with Crippen LogP contribution in [0.4, 0.5) is 24.5 Å². The van der Waals surface area contributed by atoms with E-state index in [1.165, 1.54) is 24.3 Å². The zero-order chi connectivity index (χ0) is 15.4. The molecule has 0 radical (unpaired) electrons. The van der Waals surface area contributed by atoms with E-state index in [9.17, 15) is 18.0 Å². The number of benzene rings is 2. The molecule has 0 heterocycles.